The minimum Gasteiger partial charge on any atom is -0.367 e. The molecule has 0 bridgehead atoms. The fourth-order valence-electron chi connectivity index (χ4n) is 0.524. The molecule has 0 aromatic heterocycles. The lowest BCUT2D eigenvalue weighted by Gasteiger charge is -2.13. The monoisotopic (exact) mass is 235 g/mol. The quantitative estimate of drug-likeness (QED) is 0.553. The van der Waals surface area contributed by atoms with Crippen molar-refractivity contribution in [1.82, 2.24) is 0 Å². The van der Waals surface area contributed by atoms with Gasteiger partial charge in [-0.15, -0.1) is 0 Å². The first-order chi connectivity index (χ1) is 6.12. The Morgan fingerprint density at radius 1 is 1.50 bits per heavy atom. The summed E-state index contributed by atoms with van der Waals surface area (Å²) >= 11 is 0. The average molecular weight is 235 g/mol. The fraction of sp³-hybridized carbons (Fsp3) is 0.800. The Morgan fingerprint density at radius 3 is 2.14 bits per heavy atom. The second-order valence-electron chi connectivity index (χ2n) is 2.30. The molecule has 2 N–H and O–H groups in total. The second-order valence-corrected chi connectivity index (χ2v) is 3.86. The second kappa shape index (κ2) is 4.13. The Morgan fingerprint density at radius 2 is 1.93 bits per heavy atom. The van der Waals surface area contributed by atoms with Gasteiger partial charge < -0.3 is 5.73 Å². The Balaban J connectivity index is 4.75. The van der Waals surface area contributed by atoms with Crippen LogP contribution in [0.15, 0.2) is 0 Å². The molecular formula is C5H8F3NO4S. The van der Waals surface area contributed by atoms with Crippen LogP contribution in [0.25, 0.3) is 0 Å². The van der Waals surface area contributed by atoms with Gasteiger partial charge in [0, 0.05) is 0 Å². The lowest BCUT2D eigenvalue weighted by molar-refractivity contribution is -0.125. The van der Waals surface area contributed by atoms with E-state index in [0.29, 0.717) is 0 Å². The van der Waals surface area contributed by atoms with Crippen molar-refractivity contribution in [2.24, 2.45) is 5.73 Å². The average Bonchev–Trinajstić information content (AvgIpc) is 1.97. The number of hydrogen-bond donors (Lipinski definition) is 1. The molecule has 0 heterocycles. The third-order valence-corrected chi connectivity index (χ3v) is 2.27. The van der Waals surface area contributed by atoms with E-state index in [1.54, 1.807) is 0 Å². The number of carbonyl (C=O) groups is 1. The van der Waals surface area contributed by atoms with E-state index < -0.39 is 27.6 Å². The molecule has 0 aliphatic heterocycles. The molecule has 0 fully saturated rings. The van der Waals surface area contributed by atoms with Crippen molar-refractivity contribution in [3.05, 3.63) is 0 Å². The zero-order chi connectivity index (χ0) is 11.6. The Kier molecular flexibility index (Phi) is 3.89. The van der Waals surface area contributed by atoms with Crippen LogP contribution in [-0.4, -0.2) is 25.9 Å². The number of rotatable bonds is 4. The van der Waals surface area contributed by atoms with E-state index in [4.69, 9.17) is 0 Å². The van der Waals surface area contributed by atoms with E-state index in [9.17, 15) is 26.4 Å². The van der Waals surface area contributed by atoms with Gasteiger partial charge in [0.15, 0.2) is 6.10 Å². The highest BCUT2D eigenvalue weighted by atomic mass is 32.2. The van der Waals surface area contributed by atoms with Gasteiger partial charge in [-0.05, 0) is 6.42 Å². The van der Waals surface area contributed by atoms with Gasteiger partial charge in [-0.25, -0.2) is 4.18 Å². The van der Waals surface area contributed by atoms with Crippen molar-refractivity contribution < 1.29 is 30.6 Å². The molecule has 14 heavy (non-hydrogen) atoms. The van der Waals surface area contributed by atoms with Gasteiger partial charge in [0.2, 0.25) is 5.91 Å². The maximum absolute atomic E-state index is 11.7. The van der Waals surface area contributed by atoms with Gasteiger partial charge >= 0.3 is 15.6 Å². The summed E-state index contributed by atoms with van der Waals surface area (Å²) < 4.78 is 59.5. The molecule has 0 rings (SSSR count). The maximum Gasteiger partial charge on any atom is 0.523 e. The minimum atomic E-state index is -5.75. The molecule has 1 amide bonds. The van der Waals surface area contributed by atoms with Crippen LogP contribution in [0.5, 0.6) is 0 Å². The summed E-state index contributed by atoms with van der Waals surface area (Å²) in [6.07, 6.45) is -2.05. The standard InChI is InChI=1S/C5H8F3NO4S/c1-2-3(4(9)10)13-14(11,12)5(6,7)8/h3H,2H2,1H3,(H2,9,10)/t3-/m1/s1. The molecule has 9 heteroatoms. The van der Waals surface area contributed by atoms with E-state index in [2.05, 4.69) is 9.92 Å². The summed E-state index contributed by atoms with van der Waals surface area (Å²) in [6.45, 7) is 1.27. The Bertz CT molecular complexity index is 309. The number of nitrogens with two attached hydrogens (primary N) is 1. The van der Waals surface area contributed by atoms with Crippen LogP contribution >= 0.6 is 0 Å². The Hall–Kier alpha value is -0.830. The molecule has 0 aliphatic carbocycles. The van der Waals surface area contributed by atoms with E-state index in [1.165, 1.54) is 6.92 Å². The van der Waals surface area contributed by atoms with Gasteiger partial charge in [-0.3, -0.25) is 4.79 Å². The third-order valence-electron chi connectivity index (χ3n) is 1.21. The molecule has 1 atom stereocenters. The van der Waals surface area contributed by atoms with E-state index in [-0.39, 0.29) is 6.42 Å². The predicted octanol–water partition coefficient (Wildman–Crippen LogP) is 0.117. The minimum absolute atomic E-state index is 0.259. The Labute approximate surface area is 78.1 Å². The molecule has 0 saturated heterocycles. The molecule has 0 saturated carbocycles. The van der Waals surface area contributed by atoms with Crippen LogP contribution in [0.1, 0.15) is 13.3 Å². The molecule has 0 aliphatic rings. The van der Waals surface area contributed by atoms with Crippen LogP contribution in [-0.2, 0) is 19.1 Å². The highest BCUT2D eigenvalue weighted by molar-refractivity contribution is 7.87. The summed E-state index contributed by atoms with van der Waals surface area (Å²) in [5.41, 5.74) is -0.944. The van der Waals surface area contributed by atoms with E-state index in [0.717, 1.165) is 0 Å². The van der Waals surface area contributed by atoms with Crippen molar-refractivity contribution in [1.29, 1.82) is 0 Å². The van der Waals surface area contributed by atoms with Crippen LogP contribution in [0.2, 0.25) is 0 Å². The van der Waals surface area contributed by atoms with Gasteiger partial charge in [0.05, 0.1) is 0 Å². The van der Waals surface area contributed by atoms with Crippen molar-refractivity contribution in [3.8, 4) is 0 Å². The topological polar surface area (TPSA) is 86.5 Å². The first kappa shape index (κ1) is 13.2. The third kappa shape index (κ3) is 3.14. The van der Waals surface area contributed by atoms with Crippen molar-refractivity contribution in [2.45, 2.75) is 25.0 Å². The number of carbonyl (C=O) groups excluding carboxylic acids is 1. The fourth-order valence-corrected chi connectivity index (χ4v) is 1.17. The number of primary amides is 1. The summed E-state index contributed by atoms with van der Waals surface area (Å²) in [5, 5.41) is 0. The molecular weight excluding hydrogens is 227 g/mol. The van der Waals surface area contributed by atoms with Crippen LogP contribution < -0.4 is 5.73 Å². The normalized spacial score (nSPS) is 15.1. The zero-order valence-electron chi connectivity index (χ0n) is 7.04. The summed E-state index contributed by atoms with van der Waals surface area (Å²) in [7, 11) is -5.75. The lowest BCUT2D eigenvalue weighted by Crippen LogP contribution is -2.37. The SMILES string of the molecule is CC[C@@H](OS(=O)(=O)C(F)(F)F)C(N)=O. The number of hydrogen-bond acceptors (Lipinski definition) is 4. The van der Waals surface area contributed by atoms with E-state index in [1.807, 2.05) is 0 Å². The van der Waals surface area contributed by atoms with Crippen LogP contribution in [0, 0.1) is 0 Å². The van der Waals surface area contributed by atoms with Crippen molar-refractivity contribution >= 4 is 16.0 Å². The van der Waals surface area contributed by atoms with Crippen molar-refractivity contribution in [2.75, 3.05) is 0 Å². The zero-order valence-corrected chi connectivity index (χ0v) is 7.85. The highest BCUT2D eigenvalue weighted by Crippen LogP contribution is 2.26. The summed E-state index contributed by atoms with van der Waals surface area (Å²) in [4.78, 5) is 10.4. The number of amides is 1. The molecule has 0 spiro atoms. The largest absolute Gasteiger partial charge is 0.523 e. The summed E-state index contributed by atoms with van der Waals surface area (Å²) in [6, 6.07) is 0. The highest BCUT2D eigenvalue weighted by Gasteiger charge is 2.49. The van der Waals surface area contributed by atoms with Crippen LogP contribution in [0.4, 0.5) is 13.2 Å². The smallest absolute Gasteiger partial charge is 0.367 e. The maximum atomic E-state index is 11.7. The van der Waals surface area contributed by atoms with Crippen LogP contribution in [0.3, 0.4) is 0 Å². The van der Waals surface area contributed by atoms with Gasteiger partial charge in [0.1, 0.15) is 0 Å². The number of halogens is 3. The molecule has 84 valence electrons. The molecule has 5 nitrogen and oxygen atoms in total. The first-order valence-electron chi connectivity index (χ1n) is 3.40. The number of alkyl halides is 3. The molecule has 0 unspecified atom stereocenters. The molecule has 0 radical (unpaired) electrons. The molecule has 0 aromatic carbocycles. The van der Waals surface area contributed by atoms with Gasteiger partial charge in [0.25, 0.3) is 0 Å². The first-order valence-corrected chi connectivity index (χ1v) is 4.81. The summed E-state index contributed by atoms with van der Waals surface area (Å²) in [5.74, 6) is -1.26. The van der Waals surface area contributed by atoms with Gasteiger partial charge in [-0.1, -0.05) is 6.92 Å². The van der Waals surface area contributed by atoms with E-state index >= 15 is 0 Å². The van der Waals surface area contributed by atoms with Crippen molar-refractivity contribution in [3.63, 3.8) is 0 Å². The lowest BCUT2D eigenvalue weighted by atomic mass is 10.3. The molecule has 0 aromatic rings. The van der Waals surface area contributed by atoms with Gasteiger partial charge in [-0.2, -0.15) is 21.6 Å². The predicted molar refractivity (Wildman–Crippen MR) is 39.3 cm³/mol.